The minimum Gasteiger partial charge on any atom is -0.507 e. The highest BCUT2D eigenvalue weighted by Gasteiger charge is 2.29. The first-order valence-corrected chi connectivity index (χ1v) is 23.0. The molecular weight excluding hydrogens is 791 g/mol. The van der Waals surface area contributed by atoms with Crippen molar-refractivity contribution in [3.05, 3.63) is 192 Å². The zero-order valence-electron chi connectivity index (χ0n) is 39.2. The molecule has 0 saturated carbocycles. The number of hydrogen-bond donors (Lipinski definition) is 1. The molecule has 0 aliphatic rings. The van der Waals surface area contributed by atoms with Crippen LogP contribution in [0.2, 0.25) is 0 Å². The molecule has 0 fully saturated rings. The molecule has 9 rings (SSSR count). The number of fused-ring (bicyclic) bond motifs is 1. The summed E-state index contributed by atoms with van der Waals surface area (Å²) in [5, 5.41) is 12.5. The highest BCUT2D eigenvalue weighted by atomic mass is 16.3. The second-order valence-corrected chi connectivity index (χ2v) is 20.1. The Hall–Kier alpha value is -7.04. The number of aromatic hydroxyl groups is 1. The van der Waals surface area contributed by atoms with Gasteiger partial charge in [-0.05, 0) is 135 Å². The Morgan fingerprint density at radius 1 is 0.538 bits per heavy atom. The summed E-state index contributed by atoms with van der Waals surface area (Å²) in [6.45, 7) is 19.9. The summed E-state index contributed by atoms with van der Waals surface area (Å²) >= 11 is 0. The Labute approximate surface area is 385 Å². The molecule has 4 nitrogen and oxygen atoms in total. The van der Waals surface area contributed by atoms with Gasteiger partial charge in [-0.2, -0.15) is 0 Å². The summed E-state index contributed by atoms with van der Waals surface area (Å²) in [6, 6.07) is 58.6. The van der Waals surface area contributed by atoms with Crippen molar-refractivity contribution < 1.29 is 5.11 Å². The lowest BCUT2D eigenvalue weighted by Crippen LogP contribution is -2.17. The maximum absolute atomic E-state index is 12.5. The lowest BCUT2D eigenvalue weighted by molar-refractivity contribution is 0.446. The van der Waals surface area contributed by atoms with Crippen LogP contribution in [0.15, 0.2) is 170 Å². The molecule has 4 heteroatoms. The molecule has 1 N–H and O–H groups in total. The number of aromatic nitrogens is 3. The smallest absolute Gasteiger partial charge is 0.149 e. The van der Waals surface area contributed by atoms with Crippen LogP contribution in [-0.2, 0) is 17.3 Å². The number of nitrogens with zero attached hydrogens (tertiary/aromatic N) is 3. The summed E-state index contributed by atoms with van der Waals surface area (Å²) < 4.78 is 2.28. The van der Waals surface area contributed by atoms with Crippen LogP contribution in [0, 0.1) is 12.8 Å². The molecule has 0 aliphatic carbocycles. The molecule has 0 unspecified atom stereocenters. The summed E-state index contributed by atoms with van der Waals surface area (Å²) in [4.78, 5) is 10.6. The summed E-state index contributed by atoms with van der Waals surface area (Å²) in [7, 11) is 0. The van der Waals surface area contributed by atoms with Gasteiger partial charge < -0.3 is 5.11 Å². The van der Waals surface area contributed by atoms with Crippen molar-refractivity contribution in [2.75, 3.05) is 0 Å². The fourth-order valence-corrected chi connectivity index (χ4v) is 9.05. The van der Waals surface area contributed by atoms with Gasteiger partial charge in [0.25, 0.3) is 0 Å². The van der Waals surface area contributed by atoms with Crippen molar-refractivity contribution in [2.45, 2.75) is 79.6 Å². The number of benzene rings is 7. The number of pyridine rings is 1. The maximum Gasteiger partial charge on any atom is 0.149 e. The van der Waals surface area contributed by atoms with E-state index in [2.05, 4.69) is 231 Å². The van der Waals surface area contributed by atoms with Crippen molar-refractivity contribution in [3.8, 4) is 78.6 Å². The summed E-state index contributed by atoms with van der Waals surface area (Å²) in [5.41, 5.74) is 18.5. The molecule has 2 heterocycles. The quantitative estimate of drug-likeness (QED) is 0.157. The predicted octanol–water partition coefficient (Wildman–Crippen LogP) is 16.2. The second kappa shape index (κ2) is 17.2. The van der Waals surface area contributed by atoms with Gasteiger partial charge in [0.1, 0.15) is 11.6 Å². The van der Waals surface area contributed by atoms with E-state index in [-0.39, 0.29) is 16.6 Å². The summed E-state index contributed by atoms with van der Waals surface area (Å²) in [5.74, 6) is 1.41. The molecule has 65 heavy (non-hydrogen) atoms. The predicted molar refractivity (Wildman–Crippen MR) is 274 cm³/mol. The molecule has 2 aromatic heterocycles. The molecule has 9 aromatic rings. The summed E-state index contributed by atoms with van der Waals surface area (Å²) in [6.07, 6.45) is 2.83. The highest BCUT2D eigenvalue weighted by molar-refractivity contribution is 5.98. The van der Waals surface area contributed by atoms with Crippen molar-refractivity contribution in [1.82, 2.24) is 14.5 Å². The van der Waals surface area contributed by atoms with Crippen LogP contribution < -0.4 is 0 Å². The zero-order chi connectivity index (χ0) is 45.6. The minimum atomic E-state index is -0.317. The van der Waals surface area contributed by atoms with E-state index in [9.17, 15) is 5.11 Å². The van der Waals surface area contributed by atoms with Crippen LogP contribution in [0.4, 0.5) is 0 Å². The monoisotopic (exact) mass is 849 g/mol. The van der Waals surface area contributed by atoms with Gasteiger partial charge in [-0.15, -0.1) is 0 Å². The van der Waals surface area contributed by atoms with Gasteiger partial charge in [0, 0.05) is 28.6 Å². The molecule has 7 aromatic carbocycles. The van der Waals surface area contributed by atoms with Crippen molar-refractivity contribution in [2.24, 2.45) is 5.92 Å². The fourth-order valence-electron chi connectivity index (χ4n) is 9.05. The standard InChI is InChI=1S/C61H59N3O/c1-39(2)31-46-35-50(27-28-51(46)43-19-14-11-15-20-43)64-56-22-16-21-52(57(56)63-59(64)53-37-49(60(4,5)6)38-54(58(53)65)61(7,8)9)47-32-45(41-17-12-10-13-18-41)33-48(34-47)55-36-44(29-30-62-55)42-25-23-40(3)24-26-42/h10-30,32-39,65H,31H2,1-9H3. The van der Waals surface area contributed by atoms with Crippen LogP contribution in [0.5, 0.6) is 5.75 Å². The van der Waals surface area contributed by atoms with Crippen LogP contribution in [0.3, 0.4) is 0 Å². The van der Waals surface area contributed by atoms with Crippen molar-refractivity contribution >= 4 is 11.0 Å². The van der Waals surface area contributed by atoms with Gasteiger partial charge >= 0.3 is 0 Å². The molecule has 0 amide bonds. The lowest BCUT2D eigenvalue weighted by Gasteiger charge is -2.27. The number of rotatable bonds is 9. The average molecular weight is 850 g/mol. The Morgan fingerprint density at radius 2 is 1.20 bits per heavy atom. The number of phenols is 1. The number of imidazole rings is 1. The van der Waals surface area contributed by atoms with E-state index in [0.717, 1.165) is 84.5 Å². The molecule has 324 valence electrons. The molecule has 0 spiro atoms. The van der Waals surface area contributed by atoms with Gasteiger partial charge in [-0.1, -0.05) is 170 Å². The van der Waals surface area contributed by atoms with E-state index < -0.39 is 0 Å². The first kappa shape index (κ1) is 43.2. The van der Waals surface area contributed by atoms with Crippen molar-refractivity contribution in [3.63, 3.8) is 0 Å². The van der Waals surface area contributed by atoms with Gasteiger partial charge in [0.05, 0.1) is 22.3 Å². The first-order valence-electron chi connectivity index (χ1n) is 23.0. The SMILES string of the molecule is Cc1ccc(-c2ccnc(-c3cc(-c4ccccc4)cc(-c4cccc5c4nc(-c4cc(C(C)(C)C)cc(C(C)(C)C)c4O)n5-c4ccc(-c5ccccc5)c(CC(C)C)c4)c3)c2)cc1. The third-order valence-electron chi connectivity index (χ3n) is 12.6. The first-order chi connectivity index (χ1) is 31.1. The molecule has 0 saturated heterocycles. The van der Waals surface area contributed by atoms with Gasteiger partial charge in [-0.3, -0.25) is 9.55 Å². The zero-order valence-corrected chi connectivity index (χ0v) is 39.2. The fraction of sp³-hybridized carbons (Fsp3) is 0.213. The Bertz CT molecular complexity index is 3160. The third kappa shape index (κ3) is 8.78. The normalized spacial score (nSPS) is 12.0. The van der Waals surface area contributed by atoms with E-state index in [1.807, 2.05) is 6.20 Å². The topological polar surface area (TPSA) is 50.9 Å². The van der Waals surface area contributed by atoms with Gasteiger partial charge in [0.2, 0.25) is 0 Å². The van der Waals surface area contributed by atoms with Crippen LogP contribution in [-0.4, -0.2) is 19.6 Å². The number of phenolic OH excluding ortho intramolecular Hbond substituents is 1. The number of para-hydroxylation sites is 1. The highest BCUT2D eigenvalue weighted by Crippen LogP contribution is 2.45. The molecular formula is C61H59N3O. The molecule has 0 bridgehead atoms. The Morgan fingerprint density at radius 3 is 1.88 bits per heavy atom. The average Bonchev–Trinajstić information content (AvgIpc) is 3.68. The number of aryl methyl sites for hydroxylation is 1. The van der Waals surface area contributed by atoms with E-state index >= 15 is 0 Å². The number of hydrogen-bond acceptors (Lipinski definition) is 3. The van der Waals surface area contributed by atoms with Crippen LogP contribution in [0.1, 0.15) is 77.6 Å². The minimum absolute atomic E-state index is 0.175. The lowest BCUT2D eigenvalue weighted by atomic mass is 9.79. The van der Waals surface area contributed by atoms with E-state index in [1.165, 1.54) is 22.3 Å². The van der Waals surface area contributed by atoms with Gasteiger partial charge in [0.15, 0.2) is 0 Å². The van der Waals surface area contributed by atoms with E-state index in [0.29, 0.717) is 11.7 Å². The molecule has 0 radical (unpaired) electrons. The van der Waals surface area contributed by atoms with E-state index in [1.54, 1.807) is 0 Å². The third-order valence-corrected chi connectivity index (χ3v) is 12.6. The molecule has 0 aliphatic heterocycles. The largest absolute Gasteiger partial charge is 0.507 e. The Balaban J connectivity index is 1.33. The van der Waals surface area contributed by atoms with Crippen LogP contribution >= 0.6 is 0 Å². The molecule has 0 atom stereocenters. The van der Waals surface area contributed by atoms with Crippen molar-refractivity contribution in [1.29, 1.82) is 0 Å². The Kier molecular flexibility index (Phi) is 11.4. The second-order valence-electron chi connectivity index (χ2n) is 20.1. The van der Waals surface area contributed by atoms with E-state index in [4.69, 9.17) is 9.97 Å². The van der Waals surface area contributed by atoms with Gasteiger partial charge in [-0.25, -0.2) is 4.98 Å². The van der Waals surface area contributed by atoms with Crippen LogP contribution in [0.25, 0.3) is 83.9 Å². The maximum atomic E-state index is 12.5.